The molecule has 0 spiro atoms. The Morgan fingerprint density at radius 3 is 2.25 bits per heavy atom. The number of nitrogens with two attached hydrogens (primary N) is 1. The number of rotatable bonds is 4. The van der Waals surface area contributed by atoms with Crippen LogP contribution in [-0.2, 0) is 0 Å². The summed E-state index contributed by atoms with van der Waals surface area (Å²) in [4.78, 5) is 0. The lowest BCUT2D eigenvalue weighted by Gasteiger charge is -2.18. The van der Waals surface area contributed by atoms with E-state index in [2.05, 4.69) is 53.6 Å². The van der Waals surface area contributed by atoms with Crippen molar-refractivity contribution in [3.63, 3.8) is 0 Å². The largest absolute Gasteiger partial charge is 0.353 e. The maximum atomic E-state index is 5.38. The summed E-state index contributed by atoms with van der Waals surface area (Å²) >= 11 is 17.1. The van der Waals surface area contributed by atoms with Crippen LogP contribution in [0.15, 0.2) is 0 Å². The molecule has 5 N–H and O–H groups in total. The molecule has 0 aliphatic carbocycles. The van der Waals surface area contributed by atoms with Gasteiger partial charge >= 0.3 is 0 Å². The number of hydrogen-bond acceptors (Lipinski definition) is 4. The standard InChI is InChI=1S/C4H10N4S4/c5-1-2(6-3(9)10)7-8-4(11)12/h2,7H,1,5H2,(H2,6,9,10)(H2,8,11,12). The second kappa shape index (κ2) is 6.87. The molecular weight excluding hydrogens is 232 g/mol. The Hall–Kier alpha value is 0.400. The quantitative estimate of drug-likeness (QED) is 0.171. The summed E-state index contributed by atoms with van der Waals surface area (Å²) in [6.45, 7) is 0.351. The molecule has 0 bridgehead atoms. The fraction of sp³-hybridized carbons (Fsp3) is 0.500. The highest BCUT2D eigenvalue weighted by molar-refractivity contribution is 8.11. The average Bonchev–Trinajstić information content (AvgIpc) is 1.97. The predicted octanol–water partition coefficient (Wildman–Crippen LogP) is -0.616. The third kappa shape index (κ3) is 7.07. The summed E-state index contributed by atoms with van der Waals surface area (Å²) in [5, 5.41) is 2.79. The van der Waals surface area contributed by atoms with Crippen LogP contribution >= 0.6 is 49.7 Å². The van der Waals surface area contributed by atoms with Crippen LogP contribution < -0.4 is 21.9 Å². The Bertz CT molecular complexity index is 172. The van der Waals surface area contributed by atoms with E-state index in [-0.39, 0.29) is 6.17 Å². The first-order chi connectivity index (χ1) is 5.56. The van der Waals surface area contributed by atoms with Crippen molar-refractivity contribution in [1.29, 1.82) is 0 Å². The topological polar surface area (TPSA) is 62.1 Å². The number of hydrazine groups is 1. The van der Waals surface area contributed by atoms with E-state index in [9.17, 15) is 0 Å². The van der Waals surface area contributed by atoms with E-state index in [1.165, 1.54) is 0 Å². The molecule has 0 heterocycles. The minimum atomic E-state index is -0.208. The van der Waals surface area contributed by atoms with Gasteiger partial charge in [0.05, 0.1) is 0 Å². The molecule has 0 fully saturated rings. The molecule has 1 atom stereocenters. The van der Waals surface area contributed by atoms with Gasteiger partial charge in [-0.2, -0.15) is 0 Å². The van der Waals surface area contributed by atoms with Gasteiger partial charge < -0.3 is 16.5 Å². The fourth-order valence-electron chi connectivity index (χ4n) is 0.452. The highest BCUT2D eigenvalue weighted by Gasteiger charge is 2.03. The van der Waals surface area contributed by atoms with Crippen LogP contribution in [0.1, 0.15) is 0 Å². The summed E-state index contributed by atoms with van der Waals surface area (Å²) in [6, 6.07) is 0. The molecule has 0 aliphatic heterocycles. The molecule has 8 heteroatoms. The molecule has 0 rings (SSSR count). The van der Waals surface area contributed by atoms with Crippen molar-refractivity contribution in [3.05, 3.63) is 0 Å². The van der Waals surface area contributed by atoms with Crippen LogP contribution in [-0.4, -0.2) is 21.4 Å². The van der Waals surface area contributed by atoms with Gasteiger partial charge in [-0.25, -0.2) is 5.43 Å². The molecule has 0 amide bonds. The zero-order valence-electron chi connectivity index (χ0n) is 6.07. The molecule has 0 radical (unpaired) electrons. The first-order valence-electron chi connectivity index (χ1n) is 3.00. The van der Waals surface area contributed by atoms with Gasteiger partial charge in [-0.1, -0.05) is 24.4 Å². The molecule has 0 saturated carbocycles. The molecule has 4 nitrogen and oxygen atoms in total. The van der Waals surface area contributed by atoms with Gasteiger partial charge in [-0.05, 0) is 0 Å². The summed E-state index contributed by atoms with van der Waals surface area (Å²) < 4.78 is 0.699. The van der Waals surface area contributed by atoms with E-state index in [1.54, 1.807) is 0 Å². The lowest BCUT2D eigenvalue weighted by atomic mass is 10.5. The fourth-order valence-corrected chi connectivity index (χ4v) is 0.873. The highest BCUT2D eigenvalue weighted by Crippen LogP contribution is 1.81. The molecule has 0 aliphatic rings. The normalized spacial score (nSPS) is 11.9. The minimum absolute atomic E-state index is 0.208. The van der Waals surface area contributed by atoms with Crippen LogP contribution in [0.5, 0.6) is 0 Å². The highest BCUT2D eigenvalue weighted by atomic mass is 32.1. The van der Waals surface area contributed by atoms with E-state index in [1.807, 2.05) is 0 Å². The van der Waals surface area contributed by atoms with Gasteiger partial charge in [0.15, 0.2) is 0 Å². The van der Waals surface area contributed by atoms with Crippen LogP contribution in [0.4, 0.5) is 0 Å². The molecule has 1 unspecified atom stereocenters. The number of thiocarbonyl (C=S) groups is 2. The summed E-state index contributed by atoms with van der Waals surface area (Å²) in [5.74, 6) is 0. The summed E-state index contributed by atoms with van der Waals surface area (Å²) in [5.41, 5.74) is 10.8. The van der Waals surface area contributed by atoms with Crippen molar-refractivity contribution < 1.29 is 0 Å². The molecular formula is C4H10N4S4. The SMILES string of the molecule is NCC(NNC(=S)S)NC(=S)S. The van der Waals surface area contributed by atoms with Gasteiger partial charge in [0.1, 0.15) is 14.8 Å². The molecule has 12 heavy (non-hydrogen) atoms. The summed E-state index contributed by atoms with van der Waals surface area (Å²) in [6.07, 6.45) is -0.208. The number of hydrogen-bond donors (Lipinski definition) is 6. The number of nitrogens with one attached hydrogen (secondary N) is 3. The molecule has 70 valence electrons. The first-order valence-corrected chi connectivity index (χ1v) is 4.71. The predicted molar refractivity (Wildman–Crippen MR) is 65.4 cm³/mol. The van der Waals surface area contributed by atoms with Gasteiger partial charge in [-0.3, -0.25) is 0 Å². The first kappa shape index (κ1) is 12.4. The third-order valence-electron chi connectivity index (χ3n) is 0.887. The monoisotopic (exact) mass is 242 g/mol. The van der Waals surface area contributed by atoms with Gasteiger partial charge in [0.2, 0.25) is 0 Å². The van der Waals surface area contributed by atoms with Gasteiger partial charge in [0, 0.05) is 6.54 Å². The second-order valence-corrected chi connectivity index (χ2v) is 4.13. The zero-order chi connectivity index (χ0) is 9.56. The third-order valence-corrected chi connectivity index (χ3v) is 1.35. The van der Waals surface area contributed by atoms with Crippen LogP contribution in [0.2, 0.25) is 0 Å². The Balaban J connectivity index is 3.67. The smallest absolute Gasteiger partial charge is 0.144 e. The van der Waals surface area contributed by atoms with Crippen molar-refractivity contribution in [3.8, 4) is 0 Å². The Labute approximate surface area is 92.8 Å². The van der Waals surface area contributed by atoms with E-state index < -0.39 is 0 Å². The van der Waals surface area contributed by atoms with Crippen molar-refractivity contribution in [2.45, 2.75) is 6.17 Å². The van der Waals surface area contributed by atoms with Gasteiger partial charge in [-0.15, -0.1) is 25.3 Å². The minimum Gasteiger partial charge on any atom is -0.353 e. The van der Waals surface area contributed by atoms with Crippen LogP contribution in [0.25, 0.3) is 0 Å². The van der Waals surface area contributed by atoms with Gasteiger partial charge in [0.25, 0.3) is 0 Å². The zero-order valence-corrected chi connectivity index (χ0v) is 9.49. The van der Waals surface area contributed by atoms with E-state index in [0.717, 1.165) is 0 Å². The Kier molecular flexibility index (Phi) is 7.10. The average molecular weight is 242 g/mol. The lowest BCUT2D eigenvalue weighted by Crippen LogP contribution is -2.54. The Morgan fingerprint density at radius 1 is 1.33 bits per heavy atom. The molecule has 0 saturated heterocycles. The Morgan fingerprint density at radius 2 is 1.92 bits per heavy atom. The van der Waals surface area contributed by atoms with Crippen molar-refractivity contribution >= 4 is 58.3 Å². The van der Waals surface area contributed by atoms with Crippen molar-refractivity contribution in [1.82, 2.24) is 16.2 Å². The summed E-state index contributed by atoms with van der Waals surface area (Å²) in [7, 11) is 0. The van der Waals surface area contributed by atoms with E-state index in [4.69, 9.17) is 18.0 Å². The number of thiol groups is 2. The van der Waals surface area contributed by atoms with Crippen molar-refractivity contribution in [2.24, 2.45) is 5.73 Å². The molecule has 0 aromatic rings. The maximum absolute atomic E-state index is 5.38. The van der Waals surface area contributed by atoms with Crippen LogP contribution in [0, 0.1) is 0 Å². The maximum Gasteiger partial charge on any atom is 0.144 e. The lowest BCUT2D eigenvalue weighted by molar-refractivity contribution is 0.478. The van der Waals surface area contributed by atoms with E-state index >= 15 is 0 Å². The molecule has 0 aromatic heterocycles. The van der Waals surface area contributed by atoms with E-state index in [0.29, 0.717) is 15.2 Å². The molecule has 0 aromatic carbocycles. The van der Waals surface area contributed by atoms with Crippen molar-refractivity contribution in [2.75, 3.05) is 6.54 Å². The van der Waals surface area contributed by atoms with Crippen LogP contribution in [0.3, 0.4) is 0 Å². The second-order valence-electron chi connectivity index (χ2n) is 1.81.